The summed E-state index contributed by atoms with van der Waals surface area (Å²) < 4.78 is 11.2. The van der Waals surface area contributed by atoms with Gasteiger partial charge in [0.2, 0.25) is 0 Å². The standard InChI is InChI=1S/C28H30O4S/c1-2-3-4-5-6-7-20-31-24-14-12-23(13-15-24)28(30)32-25-16-10-22(11-17-25)27(29)19-18-26-9-8-21-33-26/h8-19,21H,2-7,20H2,1H3/b19-18+. The lowest BCUT2D eigenvalue weighted by atomic mass is 10.1. The molecule has 1 aromatic heterocycles. The lowest BCUT2D eigenvalue weighted by Crippen LogP contribution is -2.08. The molecule has 0 atom stereocenters. The highest BCUT2D eigenvalue weighted by molar-refractivity contribution is 7.10. The Balaban J connectivity index is 1.44. The van der Waals surface area contributed by atoms with Crippen molar-refractivity contribution in [2.75, 3.05) is 6.61 Å². The van der Waals surface area contributed by atoms with E-state index in [0.717, 1.165) is 17.0 Å². The van der Waals surface area contributed by atoms with E-state index in [0.29, 0.717) is 23.5 Å². The van der Waals surface area contributed by atoms with Gasteiger partial charge in [0.15, 0.2) is 5.78 Å². The second-order valence-electron chi connectivity index (χ2n) is 7.77. The molecule has 3 rings (SSSR count). The Morgan fingerprint density at radius 2 is 1.48 bits per heavy atom. The number of benzene rings is 2. The Morgan fingerprint density at radius 3 is 2.18 bits per heavy atom. The maximum atomic E-state index is 12.4. The molecular formula is C28H30O4S. The van der Waals surface area contributed by atoms with Gasteiger partial charge in [0.05, 0.1) is 12.2 Å². The number of hydrogen-bond donors (Lipinski definition) is 0. The molecule has 172 valence electrons. The molecule has 0 radical (unpaired) electrons. The van der Waals surface area contributed by atoms with Crippen molar-refractivity contribution in [1.82, 2.24) is 0 Å². The van der Waals surface area contributed by atoms with Crippen molar-refractivity contribution in [2.24, 2.45) is 0 Å². The van der Waals surface area contributed by atoms with E-state index in [4.69, 9.17) is 9.47 Å². The third kappa shape index (κ3) is 8.35. The van der Waals surface area contributed by atoms with Gasteiger partial charge in [0, 0.05) is 10.4 Å². The van der Waals surface area contributed by atoms with Crippen LogP contribution in [0.1, 0.15) is 71.0 Å². The number of ether oxygens (including phenoxy) is 2. The van der Waals surface area contributed by atoms with E-state index in [9.17, 15) is 9.59 Å². The molecule has 0 bridgehead atoms. The fraction of sp³-hybridized carbons (Fsp3) is 0.286. The number of carbonyl (C=O) groups excluding carboxylic acids is 2. The van der Waals surface area contributed by atoms with Gasteiger partial charge in [-0.1, -0.05) is 45.1 Å². The van der Waals surface area contributed by atoms with Crippen molar-refractivity contribution in [2.45, 2.75) is 45.4 Å². The number of unbranched alkanes of at least 4 members (excludes halogenated alkanes) is 5. The number of hydrogen-bond acceptors (Lipinski definition) is 5. The first-order chi connectivity index (χ1) is 16.2. The minimum atomic E-state index is -0.450. The molecule has 3 aromatic rings. The zero-order valence-electron chi connectivity index (χ0n) is 19.0. The monoisotopic (exact) mass is 462 g/mol. The molecule has 4 nitrogen and oxygen atoms in total. The number of ketones is 1. The van der Waals surface area contributed by atoms with Crippen LogP contribution in [0.5, 0.6) is 11.5 Å². The molecule has 0 unspecified atom stereocenters. The van der Waals surface area contributed by atoms with Crippen LogP contribution in [0.3, 0.4) is 0 Å². The summed E-state index contributed by atoms with van der Waals surface area (Å²) in [6.45, 7) is 2.90. The SMILES string of the molecule is CCCCCCCCOc1ccc(C(=O)Oc2ccc(C(=O)/C=C/c3cccs3)cc2)cc1. The van der Waals surface area contributed by atoms with Crippen LogP contribution >= 0.6 is 11.3 Å². The van der Waals surface area contributed by atoms with Gasteiger partial charge in [-0.3, -0.25) is 4.79 Å². The van der Waals surface area contributed by atoms with Crippen LogP contribution < -0.4 is 9.47 Å². The molecule has 0 spiro atoms. The lowest BCUT2D eigenvalue weighted by molar-refractivity contribution is 0.0734. The average Bonchev–Trinajstić information content (AvgIpc) is 3.36. The Bertz CT molecular complexity index is 1020. The molecule has 33 heavy (non-hydrogen) atoms. The molecular weight excluding hydrogens is 432 g/mol. The van der Waals surface area contributed by atoms with Crippen molar-refractivity contribution in [1.29, 1.82) is 0 Å². The zero-order chi connectivity index (χ0) is 23.3. The molecule has 0 aliphatic rings. The zero-order valence-corrected chi connectivity index (χ0v) is 19.8. The molecule has 0 aliphatic carbocycles. The van der Waals surface area contributed by atoms with Crippen LogP contribution in [0, 0.1) is 0 Å². The van der Waals surface area contributed by atoms with Crippen molar-refractivity contribution in [3.8, 4) is 11.5 Å². The first kappa shape index (κ1) is 24.5. The summed E-state index contributed by atoms with van der Waals surface area (Å²) in [4.78, 5) is 25.7. The quantitative estimate of drug-likeness (QED) is 0.0862. The average molecular weight is 463 g/mol. The number of allylic oxidation sites excluding steroid dienone is 1. The van der Waals surface area contributed by atoms with Gasteiger partial charge in [0.25, 0.3) is 0 Å². The highest BCUT2D eigenvalue weighted by atomic mass is 32.1. The molecule has 0 amide bonds. The highest BCUT2D eigenvalue weighted by Gasteiger charge is 2.10. The van der Waals surface area contributed by atoms with E-state index >= 15 is 0 Å². The summed E-state index contributed by atoms with van der Waals surface area (Å²) in [5.41, 5.74) is 0.982. The molecule has 0 saturated heterocycles. The third-order valence-corrected chi connectivity index (χ3v) is 5.99. The summed E-state index contributed by atoms with van der Waals surface area (Å²) in [7, 11) is 0. The van der Waals surface area contributed by atoms with Gasteiger partial charge in [-0.05, 0) is 78.6 Å². The Morgan fingerprint density at radius 1 is 0.818 bits per heavy atom. The topological polar surface area (TPSA) is 52.6 Å². The molecule has 0 aliphatic heterocycles. The van der Waals surface area contributed by atoms with Crippen LogP contribution in [-0.4, -0.2) is 18.4 Å². The number of esters is 1. The van der Waals surface area contributed by atoms with Gasteiger partial charge in [-0.25, -0.2) is 4.79 Å². The molecule has 0 saturated carbocycles. The Hall–Kier alpha value is -3.18. The van der Waals surface area contributed by atoms with Gasteiger partial charge in [0.1, 0.15) is 11.5 Å². The summed E-state index contributed by atoms with van der Waals surface area (Å²) in [5, 5.41) is 1.96. The predicted molar refractivity (Wildman–Crippen MR) is 134 cm³/mol. The van der Waals surface area contributed by atoms with Crippen LogP contribution in [0.4, 0.5) is 0 Å². The van der Waals surface area contributed by atoms with E-state index in [1.807, 2.05) is 17.5 Å². The smallest absolute Gasteiger partial charge is 0.343 e. The van der Waals surface area contributed by atoms with Crippen LogP contribution in [-0.2, 0) is 0 Å². The fourth-order valence-corrected chi connectivity index (χ4v) is 3.87. The van der Waals surface area contributed by atoms with Crippen LogP contribution in [0.25, 0.3) is 6.08 Å². The van der Waals surface area contributed by atoms with E-state index in [1.54, 1.807) is 72.0 Å². The predicted octanol–water partition coefficient (Wildman–Crippen LogP) is 7.60. The first-order valence-electron chi connectivity index (χ1n) is 11.5. The first-order valence-corrected chi connectivity index (χ1v) is 12.3. The normalized spacial score (nSPS) is 10.9. The maximum absolute atomic E-state index is 12.4. The number of carbonyl (C=O) groups is 2. The Kier molecular flexibility index (Phi) is 9.92. The summed E-state index contributed by atoms with van der Waals surface area (Å²) in [5.74, 6) is 0.590. The summed E-state index contributed by atoms with van der Waals surface area (Å²) >= 11 is 1.57. The van der Waals surface area contributed by atoms with Gasteiger partial charge >= 0.3 is 5.97 Å². The summed E-state index contributed by atoms with van der Waals surface area (Å²) in [6, 6.07) is 17.4. The van der Waals surface area contributed by atoms with E-state index in [-0.39, 0.29) is 5.78 Å². The molecule has 5 heteroatoms. The van der Waals surface area contributed by atoms with Crippen LogP contribution in [0.2, 0.25) is 0 Å². The molecule has 0 N–H and O–H groups in total. The third-order valence-electron chi connectivity index (χ3n) is 5.15. The van der Waals surface area contributed by atoms with Crippen molar-refractivity contribution < 1.29 is 19.1 Å². The van der Waals surface area contributed by atoms with E-state index in [2.05, 4.69) is 6.92 Å². The maximum Gasteiger partial charge on any atom is 0.343 e. The largest absolute Gasteiger partial charge is 0.494 e. The van der Waals surface area contributed by atoms with Gasteiger partial charge in [-0.2, -0.15) is 0 Å². The highest BCUT2D eigenvalue weighted by Crippen LogP contribution is 2.18. The molecule has 0 fully saturated rings. The minimum absolute atomic E-state index is 0.0992. The van der Waals surface area contributed by atoms with E-state index in [1.165, 1.54) is 32.1 Å². The van der Waals surface area contributed by atoms with Crippen molar-refractivity contribution in [3.05, 3.63) is 88.1 Å². The number of rotatable bonds is 13. The van der Waals surface area contributed by atoms with Gasteiger partial charge < -0.3 is 9.47 Å². The second kappa shape index (κ2) is 13.4. The second-order valence-corrected chi connectivity index (χ2v) is 8.75. The minimum Gasteiger partial charge on any atom is -0.494 e. The van der Waals surface area contributed by atoms with Crippen molar-refractivity contribution in [3.63, 3.8) is 0 Å². The molecule has 2 aromatic carbocycles. The molecule has 1 heterocycles. The Labute approximate surface area is 199 Å². The van der Waals surface area contributed by atoms with Crippen LogP contribution in [0.15, 0.2) is 72.1 Å². The number of thiophene rings is 1. The van der Waals surface area contributed by atoms with E-state index < -0.39 is 5.97 Å². The van der Waals surface area contributed by atoms with Crippen molar-refractivity contribution >= 4 is 29.2 Å². The summed E-state index contributed by atoms with van der Waals surface area (Å²) in [6.07, 6.45) is 10.7. The lowest BCUT2D eigenvalue weighted by Gasteiger charge is -2.08. The van der Waals surface area contributed by atoms with Gasteiger partial charge in [-0.15, -0.1) is 11.3 Å². The fourth-order valence-electron chi connectivity index (χ4n) is 3.25.